The van der Waals surface area contributed by atoms with Crippen LogP contribution in [-0.4, -0.2) is 49.0 Å². The molecule has 92 valence electrons. The summed E-state index contributed by atoms with van der Waals surface area (Å²) in [5.41, 5.74) is 0.898. The van der Waals surface area contributed by atoms with Crippen LogP contribution in [0.25, 0.3) is 0 Å². The van der Waals surface area contributed by atoms with Gasteiger partial charge in [0.05, 0.1) is 19.3 Å². The number of morpholine rings is 1. The molecule has 4 nitrogen and oxygen atoms in total. The van der Waals surface area contributed by atoms with Crippen LogP contribution in [0, 0.1) is 0 Å². The molecule has 0 spiro atoms. The highest BCUT2D eigenvalue weighted by Crippen LogP contribution is 2.34. The van der Waals surface area contributed by atoms with Gasteiger partial charge in [0.25, 0.3) is 0 Å². The lowest BCUT2D eigenvalue weighted by Gasteiger charge is -2.39. The first-order valence-electron chi connectivity index (χ1n) is 6.08. The lowest BCUT2D eigenvalue weighted by molar-refractivity contribution is -0.0454. The van der Waals surface area contributed by atoms with Crippen LogP contribution in [0.4, 0.5) is 0 Å². The van der Waals surface area contributed by atoms with Gasteiger partial charge in [0.15, 0.2) is 0 Å². The Balaban J connectivity index is 1.81. The van der Waals surface area contributed by atoms with Crippen molar-refractivity contribution >= 4 is 0 Å². The number of ether oxygens (including phenoxy) is 2. The molecule has 17 heavy (non-hydrogen) atoms. The predicted octanol–water partition coefficient (Wildman–Crippen LogP) is 0.813. The fourth-order valence-electron chi connectivity index (χ4n) is 2.54. The zero-order chi connectivity index (χ0) is 11.7. The molecule has 1 N–H and O–H groups in total. The number of hydrogen-bond acceptors (Lipinski definition) is 4. The number of rotatable bonds is 1. The van der Waals surface area contributed by atoms with Crippen LogP contribution in [0.2, 0.25) is 0 Å². The van der Waals surface area contributed by atoms with Crippen molar-refractivity contribution in [2.24, 2.45) is 0 Å². The second kappa shape index (κ2) is 4.64. The number of fused-ring (bicyclic) bond motifs is 1. The van der Waals surface area contributed by atoms with Crippen LogP contribution in [-0.2, 0) is 4.74 Å². The maximum Gasteiger partial charge on any atom is 0.125 e. The quantitative estimate of drug-likeness (QED) is 0.782. The van der Waals surface area contributed by atoms with Gasteiger partial charge in [0.2, 0.25) is 0 Å². The van der Waals surface area contributed by atoms with Gasteiger partial charge in [-0.05, 0) is 6.07 Å². The number of hydrogen-bond donors (Lipinski definition) is 1. The minimum absolute atomic E-state index is 0.0498. The molecule has 1 saturated heterocycles. The summed E-state index contributed by atoms with van der Waals surface area (Å²) in [5, 5.41) is 10.4. The van der Waals surface area contributed by atoms with E-state index in [0.717, 1.165) is 37.6 Å². The Morgan fingerprint density at radius 3 is 2.76 bits per heavy atom. The van der Waals surface area contributed by atoms with Crippen LogP contribution in [0.3, 0.4) is 0 Å². The summed E-state index contributed by atoms with van der Waals surface area (Å²) in [6, 6.07) is 7.77. The molecule has 2 aliphatic rings. The van der Waals surface area contributed by atoms with Crippen LogP contribution >= 0.6 is 0 Å². The van der Waals surface area contributed by atoms with Gasteiger partial charge in [-0.1, -0.05) is 18.2 Å². The monoisotopic (exact) mass is 235 g/mol. The molecule has 2 aliphatic heterocycles. The molecule has 4 heteroatoms. The van der Waals surface area contributed by atoms with Crippen molar-refractivity contribution in [1.29, 1.82) is 0 Å². The lowest BCUT2D eigenvalue weighted by atomic mass is 9.98. The number of aliphatic hydroxyl groups is 1. The van der Waals surface area contributed by atoms with Gasteiger partial charge in [-0.3, -0.25) is 4.90 Å². The summed E-state index contributed by atoms with van der Waals surface area (Å²) in [4.78, 5) is 2.25. The van der Waals surface area contributed by atoms with Gasteiger partial charge in [-0.2, -0.15) is 0 Å². The predicted molar refractivity (Wildman–Crippen MR) is 63.1 cm³/mol. The zero-order valence-electron chi connectivity index (χ0n) is 9.71. The standard InChI is InChI=1S/C13H17NO3/c15-13-10-3-1-2-4-12(10)17-9-11(13)14-5-7-16-8-6-14/h1-4,11,13,15H,5-9H2/t11-,13+/m0/s1. The molecule has 2 atom stereocenters. The first-order chi connectivity index (χ1) is 8.36. The highest BCUT2D eigenvalue weighted by atomic mass is 16.5. The Hall–Kier alpha value is -1.10. The fourth-order valence-corrected chi connectivity index (χ4v) is 2.54. The van der Waals surface area contributed by atoms with Crippen molar-refractivity contribution < 1.29 is 14.6 Å². The van der Waals surface area contributed by atoms with Gasteiger partial charge in [0, 0.05) is 18.7 Å². The average Bonchev–Trinajstić information content (AvgIpc) is 2.40. The van der Waals surface area contributed by atoms with Gasteiger partial charge in [-0.25, -0.2) is 0 Å². The highest BCUT2D eigenvalue weighted by molar-refractivity contribution is 5.37. The third-order valence-electron chi connectivity index (χ3n) is 3.53. The molecule has 1 fully saturated rings. The highest BCUT2D eigenvalue weighted by Gasteiger charge is 2.34. The van der Waals surface area contributed by atoms with Crippen LogP contribution in [0.1, 0.15) is 11.7 Å². The molecular weight excluding hydrogens is 218 g/mol. The second-order valence-corrected chi connectivity index (χ2v) is 4.51. The van der Waals surface area contributed by atoms with E-state index in [0.29, 0.717) is 6.61 Å². The number of para-hydroxylation sites is 1. The van der Waals surface area contributed by atoms with Crippen molar-refractivity contribution in [3.8, 4) is 5.75 Å². The molecule has 0 aliphatic carbocycles. The number of nitrogens with zero attached hydrogens (tertiary/aromatic N) is 1. The van der Waals surface area contributed by atoms with Gasteiger partial charge in [0.1, 0.15) is 18.5 Å². The summed E-state index contributed by atoms with van der Waals surface area (Å²) in [6.07, 6.45) is -0.460. The molecular formula is C13H17NO3. The second-order valence-electron chi connectivity index (χ2n) is 4.51. The molecule has 0 aromatic heterocycles. The summed E-state index contributed by atoms with van der Waals surface area (Å²) in [5.74, 6) is 0.810. The molecule has 0 saturated carbocycles. The molecule has 0 bridgehead atoms. The Kier molecular flexibility index (Phi) is 3.01. The van der Waals surface area contributed by atoms with E-state index in [1.807, 2.05) is 24.3 Å². The Morgan fingerprint density at radius 2 is 1.94 bits per heavy atom. The van der Waals surface area contributed by atoms with E-state index in [4.69, 9.17) is 9.47 Å². The van der Waals surface area contributed by atoms with Gasteiger partial charge < -0.3 is 14.6 Å². The van der Waals surface area contributed by atoms with Crippen molar-refractivity contribution in [3.05, 3.63) is 29.8 Å². The first kappa shape index (κ1) is 11.0. The minimum Gasteiger partial charge on any atom is -0.491 e. The average molecular weight is 235 g/mol. The SMILES string of the molecule is O[C@@H]1c2ccccc2OC[C@@H]1N1CCOCC1. The number of benzene rings is 1. The van der Waals surface area contributed by atoms with E-state index >= 15 is 0 Å². The Morgan fingerprint density at radius 1 is 1.18 bits per heavy atom. The summed E-state index contributed by atoms with van der Waals surface area (Å²) < 4.78 is 11.0. The van der Waals surface area contributed by atoms with Gasteiger partial charge >= 0.3 is 0 Å². The van der Waals surface area contributed by atoms with Crippen LogP contribution in [0.5, 0.6) is 5.75 Å². The van der Waals surface area contributed by atoms with Crippen LogP contribution in [0.15, 0.2) is 24.3 Å². The summed E-state index contributed by atoms with van der Waals surface area (Å²) >= 11 is 0. The first-order valence-corrected chi connectivity index (χ1v) is 6.08. The van der Waals surface area contributed by atoms with E-state index in [1.165, 1.54) is 0 Å². The third-order valence-corrected chi connectivity index (χ3v) is 3.53. The summed E-state index contributed by atoms with van der Waals surface area (Å²) in [6.45, 7) is 3.77. The molecule has 0 radical (unpaired) electrons. The van der Waals surface area contributed by atoms with Gasteiger partial charge in [-0.15, -0.1) is 0 Å². The topological polar surface area (TPSA) is 41.9 Å². The summed E-state index contributed by atoms with van der Waals surface area (Å²) in [7, 11) is 0. The molecule has 3 rings (SSSR count). The maximum atomic E-state index is 10.4. The largest absolute Gasteiger partial charge is 0.491 e. The van der Waals surface area contributed by atoms with Crippen LogP contribution < -0.4 is 4.74 Å². The maximum absolute atomic E-state index is 10.4. The molecule has 1 aromatic rings. The van der Waals surface area contributed by atoms with E-state index in [-0.39, 0.29) is 6.04 Å². The Labute approximate surface area is 101 Å². The smallest absolute Gasteiger partial charge is 0.125 e. The van der Waals surface area contributed by atoms with E-state index in [2.05, 4.69) is 4.90 Å². The van der Waals surface area contributed by atoms with Crippen molar-refractivity contribution in [3.63, 3.8) is 0 Å². The zero-order valence-corrected chi connectivity index (χ0v) is 9.71. The minimum atomic E-state index is -0.460. The normalized spacial score (nSPS) is 29.5. The van der Waals surface area contributed by atoms with E-state index < -0.39 is 6.10 Å². The molecule has 1 aromatic carbocycles. The fraction of sp³-hybridized carbons (Fsp3) is 0.538. The van der Waals surface area contributed by atoms with Crippen molar-refractivity contribution in [2.45, 2.75) is 12.1 Å². The third kappa shape index (κ3) is 2.04. The Bertz CT molecular complexity index is 390. The van der Waals surface area contributed by atoms with E-state index in [1.54, 1.807) is 0 Å². The number of aliphatic hydroxyl groups excluding tert-OH is 1. The lowest BCUT2D eigenvalue weighted by Crippen LogP contribution is -2.50. The van der Waals surface area contributed by atoms with E-state index in [9.17, 15) is 5.11 Å². The molecule has 0 amide bonds. The van der Waals surface area contributed by atoms with Crippen molar-refractivity contribution in [2.75, 3.05) is 32.9 Å². The van der Waals surface area contributed by atoms with Crippen molar-refractivity contribution in [1.82, 2.24) is 4.90 Å². The molecule has 0 unspecified atom stereocenters. The molecule has 2 heterocycles.